The molecule has 3 aromatic rings. The fraction of sp³-hybridized carbons (Fsp3) is 0.391. The van der Waals surface area contributed by atoms with Crippen LogP contribution in [0.15, 0.2) is 41.3 Å². The highest BCUT2D eigenvalue weighted by Gasteiger charge is 2.23. The van der Waals surface area contributed by atoms with E-state index in [0.717, 1.165) is 53.9 Å². The van der Waals surface area contributed by atoms with Crippen molar-refractivity contribution in [2.24, 2.45) is 0 Å². The number of thioether (sulfide) groups is 1. The van der Waals surface area contributed by atoms with Gasteiger partial charge in [-0.1, -0.05) is 23.5 Å². The molecule has 1 aliphatic heterocycles. The lowest BCUT2D eigenvalue weighted by atomic mass is 10.1. The maximum Gasteiger partial charge on any atom is 0.222 e. The van der Waals surface area contributed by atoms with E-state index in [1.54, 1.807) is 35.2 Å². The number of aromatic nitrogens is 1. The number of carbonyl (C=O) groups excluding carboxylic acids is 1. The van der Waals surface area contributed by atoms with E-state index in [4.69, 9.17) is 4.98 Å². The molecule has 0 N–H and O–H groups in total. The zero-order valence-electron chi connectivity index (χ0n) is 17.4. The molecule has 1 aromatic heterocycles. The number of rotatable bonds is 6. The maximum atomic E-state index is 12.9. The smallest absolute Gasteiger partial charge is 0.222 e. The Bertz CT molecular complexity index is 988. The minimum absolute atomic E-state index is 0.218. The van der Waals surface area contributed by atoms with Crippen molar-refractivity contribution in [1.29, 1.82) is 0 Å². The molecule has 158 valence electrons. The Kier molecular flexibility index (Phi) is 6.58. The van der Waals surface area contributed by atoms with Gasteiger partial charge in [-0.2, -0.15) is 0 Å². The Morgan fingerprint density at radius 2 is 1.77 bits per heavy atom. The third-order valence-corrected chi connectivity index (χ3v) is 7.80. The summed E-state index contributed by atoms with van der Waals surface area (Å²) >= 11 is 3.42. The Morgan fingerprint density at radius 1 is 1.07 bits per heavy atom. The molecule has 1 fully saturated rings. The summed E-state index contributed by atoms with van der Waals surface area (Å²) in [6, 6.07) is 10.8. The summed E-state index contributed by atoms with van der Waals surface area (Å²) in [4.78, 5) is 22.8. The van der Waals surface area contributed by atoms with Crippen molar-refractivity contribution in [3.63, 3.8) is 0 Å². The molecule has 0 radical (unpaired) electrons. The first-order valence-corrected chi connectivity index (χ1v) is 12.1. The van der Waals surface area contributed by atoms with E-state index in [1.807, 2.05) is 4.90 Å². The second-order valence-corrected chi connectivity index (χ2v) is 9.79. The van der Waals surface area contributed by atoms with Crippen LogP contribution in [0.4, 0.5) is 9.52 Å². The number of benzene rings is 2. The predicted molar refractivity (Wildman–Crippen MR) is 124 cm³/mol. The molecular formula is C23H26FN3OS2. The van der Waals surface area contributed by atoms with Crippen LogP contribution in [0.3, 0.4) is 0 Å². The highest BCUT2D eigenvalue weighted by atomic mass is 32.2. The number of fused-ring (bicyclic) bond motifs is 1. The van der Waals surface area contributed by atoms with Crippen LogP contribution in [0, 0.1) is 19.7 Å². The summed E-state index contributed by atoms with van der Waals surface area (Å²) in [5.74, 6) is 0.872. The molecule has 0 saturated carbocycles. The Morgan fingerprint density at radius 3 is 2.47 bits per heavy atom. The van der Waals surface area contributed by atoms with Crippen LogP contribution in [0.25, 0.3) is 10.2 Å². The molecule has 2 heterocycles. The quantitative estimate of drug-likeness (QED) is 0.384. The molecule has 0 spiro atoms. The minimum Gasteiger partial charge on any atom is -0.345 e. The number of hydrogen-bond acceptors (Lipinski definition) is 5. The van der Waals surface area contributed by atoms with Crippen molar-refractivity contribution in [3.05, 3.63) is 53.3 Å². The van der Waals surface area contributed by atoms with Gasteiger partial charge in [-0.25, -0.2) is 9.37 Å². The zero-order valence-corrected chi connectivity index (χ0v) is 19.0. The van der Waals surface area contributed by atoms with Gasteiger partial charge in [0.25, 0.3) is 0 Å². The molecule has 4 nitrogen and oxygen atoms in total. The van der Waals surface area contributed by atoms with Gasteiger partial charge in [-0.05, 0) is 61.4 Å². The van der Waals surface area contributed by atoms with E-state index in [-0.39, 0.29) is 11.7 Å². The second-order valence-electron chi connectivity index (χ2n) is 7.65. The third-order valence-electron chi connectivity index (χ3n) is 5.45. The Balaban J connectivity index is 1.25. The number of carbonyl (C=O) groups is 1. The number of aryl methyl sites for hydroxylation is 2. The second kappa shape index (κ2) is 9.35. The first-order chi connectivity index (χ1) is 14.5. The number of thiazole rings is 1. The number of nitrogens with zero attached hydrogens (tertiary/aromatic N) is 3. The topological polar surface area (TPSA) is 36.4 Å². The largest absolute Gasteiger partial charge is 0.345 e. The molecular weight excluding hydrogens is 417 g/mol. The predicted octanol–water partition coefficient (Wildman–Crippen LogP) is 5.27. The summed E-state index contributed by atoms with van der Waals surface area (Å²) in [5, 5.41) is 1.06. The van der Waals surface area contributed by atoms with Crippen molar-refractivity contribution < 1.29 is 9.18 Å². The normalized spacial score (nSPS) is 14.5. The van der Waals surface area contributed by atoms with Gasteiger partial charge >= 0.3 is 0 Å². The average Bonchev–Trinajstić information content (AvgIpc) is 3.22. The number of hydrogen-bond donors (Lipinski definition) is 0. The highest BCUT2D eigenvalue weighted by molar-refractivity contribution is 7.99. The van der Waals surface area contributed by atoms with Gasteiger partial charge in [0.2, 0.25) is 5.91 Å². The average molecular weight is 444 g/mol. The summed E-state index contributed by atoms with van der Waals surface area (Å²) < 4.78 is 14.2. The molecule has 30 heavy (non-hydrogen) atoms. The van der Waals surface area contributed by atoms with Gasteiger partial charge in [0, 0.05) is 37.5 Å². The minimum atomic E-state index is -0.218. The van der Waals surface area contributed by atoms with Crippen LogP contribution in [0.5, 0.6) is 0 Å². The Hall–Kier alpha value is -2.12. The van der Waals surface area contributed by atoms with Crippen LogP contribution < -0.4 is 4.90 Å². The van der Waals surface area contributed by atoms with E-state index >= 15 is 0 Å². The fourth-order valence-corrected chi connectivity index (χ4v) is 5.65. The van der Waals surface area contributed by atoms with E-state index in [1.165, 1.54) is 28.0 Å². The third kappa shape index (κ3) is 4.78. The zero-order chi connectivity index (χ0) is 21.1. The maximum absolute atomic E-state index is 12.9. The lowest BCUT2D eigenvalue weighted by Gasteiger charge is -2.34. The molecule has 1 saturated heterocycles. The number of piperazine rings is 1. The SMILES string of the molecule is Cc1ccc(C)c2sc(N3CCN(C(=O)CCCSc4ccc(F)cc4)CC3)nc12. The van der Waals surface area contributed by atoms with Crippen molar-refractivity contribution in [3.8, 4) is 0 Å². The van der Waals surface area contributed by atoms with Gasteiger partial charge in [0.05, 0.1) is 10.2 Å². The van der Waals surface area contributed by atoms with Crippen LogP contribution in [-0.2, 0) is 4.79 Å². The van der Waals surface area contributed by atoms with Gasteiger partial charge in [-0.3, -0.25) is 4.79 Å². The number of halogens is 1. The number of amides is 1. The lowest BCUT2D eigenvalue weighted by Crippen LogP contribution is -2.48. The van der Waals surface area contributed by atoms with Crippen LogP contribution >= 0.6 is 23.1 Å². The summed E-state index contributed by atoms with van der Waals surface area (Å²) in [7, 11) is 0. The monoisotopic (exact) mass is 443 g/mol. The van der Waals surface area contributed by atoms with Gasteiger partial charge in [-0.15, -0.1) is 11.8 Å². The van der Waals surface area contributed by atoms with Crippen molar-refractivity contribution in [2.45, 2.75) is 31.6 Å². The van der Waals surface area contributed by atoms with E-state index in [2.05, 4.69) is 30.9 Å². The lowest BCUT2D eigenvalue weighted by molar-refractivity contribution is -0.131. The van der Waals surface area contributed by atoms with Gasteiger partial charge in [0.15, 0.2) is 5.13 Å². The molecule has 0 bridgehead atoms. The van der Waals surface area contributed by atoms with Gasteiger partial charge in [0.1, 0.15) is 5.82 Å². The molecule has 4 rings (SSSR count). The van der Waals surface area contributed by atoms with E-state index in [0.29, 0.717) is 6.42 Å². The standard InChI is InChI=1S/C23H26FN3OS2/c1-16-5-6-17(2)22-21(16)25-23(30-22)27-13-11-26(12-14-27)20(28)4-3-15-29-19-9-7-18(24)8-10-19/h5-10H,3-4,11-15H2,1-2H3. The molecule has 1 aliphatic rings. The van der Waals surface area contributed by atoms with Crippen molar-refractivity contribution in [1.82, 2.24) is 9.88 Å². The van der Waals surface area contributed by atoms with Crippen LogP contribution in [0.1, 0.15) is 24.0 Å². The summed E-state index contributed by atoms with van der Waals surface area (Å²) in [6.07, 6.45) is 1.39. The molecule has 1 amide bonds. The first-order valence-electron chi connectivity index (χ1n) is 10.3. The molecule has 2 aromatic carbocycles. The van der Waals surface area contributed by atoms with Crippen LogP contribution in [0.2, 0.25) is 0 Å². The molecule has 0 atom stereocenters. The summed E-state index contributed by atoms with van der Waals surface area (Å²) in [6.45, 7) is 7.39. The van der Waals surface area contributed by atoms with E-state index < -0.39 is 0 Å². The molecule has 0 aliphatic carbocycles. The number of anilines is 1. The van der Waals surface area contributed by atoms with E-state index in [9.17, 15) is 9.18 Å². The van der Waals surface area contributed by atoms with Crippen LogP contribution in [-0.4, -0.2) is 47.7 Å². The first kappa shape index (κ1) is 21.1. The van der Waals surface area contributed by atoms with Crippen molar-refractivity contribution in [2.75, 3.05) is 36.8 Å². The molecule has 7 heteroatoms. The Labute approximate surface area is 185 Å². The molecule has 0 unspecified atom stereocenters. The van der Waals surface area contributed by atoms with Gasteiger partial charge < -0.3 is 9.80 Å². The highest BCUT2D eigenvalue weighted by Crippen LogP contribution is 2.33. The summed E-state index contributed by atoms with van der Waals surface area (Å²) in [5.41, 5.74) is 3.59. The van der Waals surface area contributed by atoms with Crippen molar-refractivity contribution >= 4 is 44.4 Å². The fourth-order valence-electron chi connectivity index (χ4n) is 3.63.